The van der Waals surface area contributed by atoms with Gasteiger partial charge >= 0.3 is 5.63 Å². The van der Waals surface area contributed by atoms with Crippen LogP contribution in [0.4, 0.5) is 5.00 Å². The minimum atomic E-state index is -0.425. The SMILES string of the molecule is Cc1cc(=O)oc2cc(OCC(=O)Nc3sc4c(c3C#N)CCCCC4)ccc12. The third-order valence-corrected chi connectivity index (χ3v) is 6.29. The van der Waals surface area contributed by atoms with E-state index in [0.29, 0.717) is 21.9 Å². The van der Waals surface area contributed by atoms with Gasteiger partial charge in [0.1, 0.15) is 22.4 Å². The first kappa shape index (κ1) is 19.2. The van der Waals surface area contributed by atoms with Crippen molar-refractivity contribution < 1.29 is 13.9 Å². The van der Waals surface area contributed by atoms with Crippen LogP contribution in [0.25, 0.3) is 11.0 Å². The highest BCUT2D eigenvalue weighted by atomic mass is 32.1. The number of anilines is 1. The number of ether oxygens (including phenoxy) is 1. The third kappa shape index (κ3) is 4.03. The van der Waals surface area contributed by atoms with Crippen molar-refractivity contribution in [2.24, 2.45) is 0 Å². The van der Waals surface area contributed by atoms with Gasteiger partial charge in [0.15, 0.2) is 6.61 Å². The molecule has 3 aromatic rings. The summed E-state index contributed by atoms with van der Waals surface area (Å²) in [5.41, 5.74) is 2.49. The average Bonchev–Trinajstić information content (AvgIpc) is 2.85. The number of carbonyl (C=O) groups is 1. The van der Waals surface area contributed by atoms with Gasteiger partial charge < -0.3 is 14.5 Å². The molecule has 1 amide bonds. The Hall–Kier alpha value is -3.11. The van der Waals surface area contributed by atoms with Gasteiger partial charge in [-0.2, -0.15) is 5.26 Å². The lowest BCUT2D eigenvalue weighted by atomic mass is 10.1. The maximum absolute atomic E-state index is 12.4. The summed E-state index contributed by atoms with van der Waals surface area (Å²) in [7, 11) is 0. The van der Waals surface area contributed by atoms with Crippen LogP contribution in [0, 0.1) is 18.3 Å². The number of fused-ring (bicyclic) bond motifs is 2. The first-order valence-corrected chi connectivity index (χ1v) is 10.4. The van der Waals surface area contributed by atoms with E-state index in [2.05, 4.69) is 11.4 Å². The molecule has 1 aromatic carbocycles. The zero-order valence-electron chi connectivity index (χ0n) is 16.0. The fraction of sp³-hybridized carbons (Fsp3) is 0.318. The molecule has 0 spiro atoms. The molecule has 1 aliphatic rings. The molecule has 1 aliphatic carbocycles. The van der Waals surface area contributed by atoms with E-state index in [9.17, 15) is 14.9 Å². The minimum absolute atomic E-state index is 0.199. The van der Waals surface area contributed by atoms with Crippen molar-refractivity contribution in [1.82, 2.24) is 0 Å². The molecule has 6 nitrogen and oxygen atoms in total. The Balaban J connectivity index is 1.46. The molecule has 2 aromatic heterocycles. The zero-order chi connectivity index (χ0) is 20.4. The smallest absolute Gasteiger partial charge is 0.336 e. The molecule has 0 saturated heterocycles. The lowest BCUT2D eigenvalue weighted by Crippen LogP contribution is -2.20. The number of carbonyl (C=O) groups excluding carboxylic acids is 1. The molecule has 7 heteroatoms. The maximum Gasteiger partial charge on any atom is 0.336 e. The lowest BCUT2D eigenvalue weighted by Gasteiger charge is -2.08. The highest BCUT2D eigenvalue weighted by molar-refractivity contribution is 7.16. The molecule has 0 atom stereocenters. The monoisotopic (exact) mass is 408 g/mol. The Bertz CT molecular complexity index is 1190. The number of hydrogen-bond donors (Lipinski definition) is 1. The number of nitriles is 1. The molecule has 0 fully saturated rings. The first-order chi connectivity index (χ1) is 14.0. The predicted octanol–water partition coefficient (Wildman–Crippen LogP) is 4.32. The second kappa shape index (κ2) is 8.10. The summed E-state index contributed by atoms with van der Waals surface area (Å²) in [6.07, 6.45) is 5.22. The van der Waals surface area contributed by atoms with Crippen LogP contribution in [-0.4, -0.2) is 12.5 Å². The van der Waals surface area contributed by atoms with Crippen LogP contribution in [-0.2, 0) is 17.6 Å². The van der Waals surface area contributed by atoms with E-state index in [4.69, 9.17) is 9.15 Å². The van der Waals surface area contributed by atoms with Gasteiger partial charge in [-0.15, -0.1) is 11.3 Å². The quantitative estimate of drug-likeness (QED) is 0.513. The van der Waals surface area contributed by atoms with Crippen LogP contribution in [0.2, 0.25) is 0 Å². The molecule has 29 heavy (non-hydrogen) atoms. The van der Waals surface area contributed by atoms with Crippen molar-refractivity contribution in [1.29, 1.82) is 5.26 Å². The Morgan fingerprint density at radius 3 is 2.93 bits per heavy atom. The highest BCUT2D eigenvalue weighted by Gasteiger charge is 2.21. The second-order valence-electron chi connectivity index (χ2n) is 7.12. The number of nitrogens with one attached hydrogen (secondary N) is 1. The van der Waals surface area contributed by atoms with Crippen LogP contribution < -0.4 is 15.7 Å². The van der Waals surface area contributed by atoms with Crippen molar-refractivity contribution in [3.8, 4) is 11.8 Å². The number of benzene rings is 1. The Morgan fingerprint density at radius 2 is 2.10 bits per heavy atom. The van der Waals surface area contributed by atoms with Crippen molar-refractivity contribution in [3.05, 3.63) is 56.3 Å². The van der Waals surface area contributed by atoms with E-state index in [1.54, 1.807) is 18.2 Å². The second-order valence-corrected chi connectivity index (χ2v) is 8.23. The third-order valence-electron chi connectivity index (χ3n) is 5.08. The van der Waals surface area contributed by atoms with Gasteiger partial charge in [0.2, 0.25) is 0 Å². The van der Waals surface area contributed by atoms with Crippen molar-refractivity contribution in [3.63, 3.8) is 0 Å². The summed E-state index contributed by atoms with van der Waals surface area (Å²) in [6.45, 7) is 1.64. The number of aryl methyl sites for hydroxylation is 2. The summed E-state index contributed by atoms with van der Waals surface area (Å²) in [4.78, 5) is 25.2. The van der Waals surface area contributed by atoms with E-state index in [0.717, 1.165) is 42.2 Å². The maximum atomic E-state index is 12.4. The van der Waals surface area contributed by atoms with Crippen LogP contribution >= 0.6 is 11.3 Å². The number of thiophene rings is 1. The fourth-order valence-electron chi connectivity index (χ4n) is 3.66. The van der Waals surface area contributed by atoms with Gasteiger partial charge in [-0.25, -0.2) is 4.79 Å². The predicted molar refractivity (Wildman–Crippen MR) is 112 cm³/mol. The van der Waals surface area contributed by atoms with Crippen molar-refractivity contribution in [2.75, 3.05) is 11.9 Å². The number of rotatable bonds is 4. The minimum Gasteiger partial charge on any atom is -0.484 e. The van der Waals surface area contributed by atoms with Crippen LogP contribution in [0.3, 0.4) is 0 Å². The summed E-state index contributed by atoms with van der Waals surface area (Å²) in [6, 6.07) is 8.82. The summed E-state index contributed by atoms with van der Waals surface area (Å²) < 4.78 is 10.8. The largest absolute Gasteiger partial charge is 0.484 e. The van der Waals surface area contributed by atoms with Gasteiger partial charge in [-0.1, -0.05) is 6.42 Å². The molecule has 0 saturated carbocycles. The number of hydrogen-bond acceptors (Lipinski definition) is 6. The molecule has 148 valence electrons. The van der Waals surface area contributed by atoms with E-state index >= 15 is 0 Å². The van der Waals surface area contributed by atoms with Gasteiger partial charge in [-0.3, -0.25) is 4.79 Å². The lowest BCUT2D eigenvalue weighted by molar-refractivity contribution is -0.118. The highest BCUT2D eigenvalue weighted by Crippen LogP contribution is 2.37. The van der Waals surface area contributed by atoms with Gasteiger partial charge in [0, 0.05) is 22.4 Å². The molecule has 2 heterocycles. The van der Waals surface area contributed by atoms with E-state index in [1.807, 2.05) is 6.92 Å². The molecule has 0 radical (unpaired) electrons. The fourth-order valence-corrected chi connectivity index (χ4v) is 4.91. The summed E-state index contributed by atoms with van der Waals surface area (Å²) in [5.74, 6) is 0.104. The van der Waals surface area contributed by atoms with Crippen LogP contribution in [0.5, 0.6) is 5.75 Å². The van der Waals surface area contributed by atoms with Gasteiger partial charge in [-0.05, 0) is 55.9 Å². The van der Waals surface area contributed by atoms with Gasteiger partial charge in [0.05, 0.1) is 5.56 Å². The van der Waals surface area contributed by atoms with Crippen molar-refractivity contribution >= 4 is 33.2 Å². The average molecular weight is 408 g/mol. The summed E-state index contributed by atoms with van der Waals surface area (Å²) in [5, 5.41) is 13.8. The van der Waals surface area contributed by atoms with E-state index in [-0.39, 0.29) is 12.5 Å². The Morgan fingerprint density at radius 1 is 1.28 bits per heavy atom. The molecule has 0 unspecified atom stereocenters. The van der Waals surface area contributed by atoms with Crippen molar-refractivity contribution in [2.45, 2.75) is 39.0 Å². The standard InChI is InChI=1S/C22H20N2O4S/c1-13-9-21(26)28-18-10-14(7-8-15(13)18)27-12-20(25)24-22-17(11-23)16-5-3-2-4-6-19(16)29-22/h7-10H,2-6,12H2,1H3,(H,24,25). The normalized spacial score (nSPS) is 13.4. The number of nitrogens with zero attached hydrogens (tertiary/aromatic N) is 1. The van der Waals surface area contributed by atoms with Gasteiger partial charge in [0.25, 0.3) is 5.91 Å². The molecule has 4 rings (SSSR count). The van der Waals surface area contributed by atoms with E-state index < -0.39 is 5.63 Å². The zero-order valence-corrected chi connectivity index (χ0v) is 16.9. The molecule has 1 N–H and O–H groups in total. The van der Waals surface area contributed by atoms with Crippen LogP contribution in [0.1, 0.15) is 40.8 Å². The molecular weight excluding hydrogens is 388 g/mol. The number of amides is 1. The topological polar surface area (TPSA) is 92.3 Å². The summed E-state index contributed by atoms with van der Waals surface area (Å²) >= 11 is 1.50. The molecular formula is C22H20N2O4S. The Labute approximate surface area is 171 Å². The first-order valence-electron chi connectivity index (χ1n) is 9.57. The van der Waals surface area contributed by atoms with Crippen LogP contribution in [0.15, 0.2) is 33.5 Å². The van der Waals surface area contributed by atoms with E-state index in [1.165, 1.54) is 28.7 Å². The Kier molecular flexibility index (Phi) is 5.36. The molecule has 0 bridgehead atoms. The molecule has 0 aliphatic heterocycles.